The molecule has 1 aromatic rings. The fraction of sp³-hybridized carbons (Fsp3) is 0.682. The number of hydrogen-bond acceptors (Lipinski definition) is 6. The van der Waals surface area contributed by atoms with E-state index < -0.39 is 54.4 Å². The average molecular weight is 491 g/mol. The second kappa shape index (κ2) is 9.95. The molecular weight excluding hydrogens is 459 g/mol. The highest BCUT2D eigenvalue weighted by atomic mass is 31.2. The quantitative estimate of drug-likeness (QED) is 0.308. The van der Waals surface area contributed by atoms with Gasteiger partial charge in [0.25, 0.3) is 5.56 Å². The first-order chi connectivity index (χ1) is 15.2. The Morgan fingerprint density at radius 1 is 1.30 bits per heavy atom. The second-order valence-electron chi connectivity index (χ2n) is 8.63. The van der Waals surface area contributed by atoms with E-state index in [1.807, 2.05) is 0 Å². The molecule has 0 radical (unpaired) electrons. The van der Waals surface area contributed by atoms with Crippen LogP contribution in [0.5, 0.6) is 0 Å². The molecular formula is C22H32F2NO7P. The van der Waals surface area contributed by atoms with Crippen molar-refractivity contribution in [3.8, 4) is 12.3 Å². The van der Waals surface area contributed by atoms with E-state index in [0.29, 0.717) is 0 Å². The first-order valence-electron chi connectivity index (χ1n) is 10.8. The molecule has 33 heavy (non-hydrogen) atoms. The van der Waals surface area contributed by atoms with E-state index in [0.717, 1.165) is 0 Å². The minimum Gasteiger partial charge on any atom is -0.387 e. The van der Waals surface area contributed by atoms with Crippen molar-refractivity contribution in [1.82, 2.24) is 4.98 Å². The maximum absolute atomic E-state index is 15.1. The Morgan fingerprint density at radius 2 is 1.88 bits per heavy atom. The summed E-state index contributed by atoms with van der Waals surface area (Å²) in [5, 5.41) is 18.9. The van der Waals surface area contributed by atoms with Crippen molar-refractivity contribution in [2.75, 3.05) is 0 Å². The smallest absolute Gasteiger partial charge is 0.359 e. The zero-order valence-corrected chi connectivity index (χ0v) is 20.3. The van der Waals surface area contributed by atoms with Gasteiger partial charge in [-0.3, -0.25) is 13.9 Å². The molecule has 4 N–H and O–H groups in total. The van der Waals surface area contributed by atoms with Crippen LogP contribution in [-0.2, 0) is 13.8 Å². The SMILES string of the molecule is C#Cc1[nH]c(=O)c(C)c(F)c1C1OC(CC(CC)(CC)OP(=O)(O)C(C)(O)CC)C(O)C1F. The van der Waals surface area contributed by atoms with Gasteiger partial charge in [-0.25, -0.2) is 8.78 Å². The van der Waals surface area contributed by atoms with Gasteiger partial charge in [0.1, 0.15) is 23.7 Å². The van der Waals surface area contributed by atoms with Gasteiger partial charge in [0, 0.05) is 6.42 Å². The number of aromatic amines is 1. The molecule has 6 unspecified atom stereocenters. The molecule has 1 aliphatic rings. The largest absolute Gasteiger partial charge is 0.387 e. The number of halogens is 2. The molecule has 11 heteroatoms. The predicted molar refractivity (Wildman–Crippen MR) is 118 cm³/mol. The third-order valence-corrected chi connectivity index (χ3v) is 8.79. The number of aromatic nitrogens is 1. The van der Waals surface area contributed by atoms with Crippen molar-refractivity contribution in [1.29, 1.82) is 0 Å². The molecule has 0 aromatic carbocycles. The Kier molecular flexibility index (Phi) is 8.33. The molecule has 8 nitrogen and oxygen atoms in total. The minimum atomic E-state index is -4.55. The van der Waals surface area contributed by atoms with Crippen molar-refractivity contribution in [3.05, 3.63) is 33.0 Å². The monoisotopic (exact) mass is 491 g/mol. The number of H-pyrrole nitrogens is 1. The van der Waals surface area contributed by atoms with Crippen LogP contribution < -0.4 is 5.56 Å². The molecule has 0 spiro atoms. The lowest BCUT2D eigenvalue weighted by Crippen LogP contribution is -2.41. The van der Waals surface area contributed by atoms with Crippen LogP contribution in [0.15, 0.2) is 4.79 Å². The van der Waals surface area contributed by atoms with Crippen molar-refractivity contribution in [2.24, 2.45) is 0 Å². The third kappa shape index (κ3) is 5.09. The molecule has 186 valence electrons. The van der Waals surface area contributed by atoms with Gasteiger partial charge < -0.3 is 24.8 Å². The number of hydrogen-bond donors (Lipinski definition) is 4. The molecule has 1 aliphatic heterocycles. The van der Waals surface area contributed by atoms with Gasteiger partial charge in [-0.15, -0.1) is 6.42 Å². The third-order valence-electron chi connectivity index (χ3n) is 6.62. The Balaban J connectivity index is 2.42. The summed E-state index contributed by atoms with van der Waals surface area (Å²) in [6.07, 6.45) is -1.21. The number of aliphatic hydroxyl groups is 2. The van der Waals surface area contributed by atoms with Crippen molar-refractivity contribution >= 4 is 7.60 Å². The normalized spacial score (nSPS) is 27.1. The second-order valence-corrected chi connectivity index (χ2v) is 10.8. The zero-order chi connectivity index (χ0) is 25.4. The van der Waals surface area contributed by atoms with Crippen LogP contribution in [-0.4, -0.2) is 49.4 Å². The van der Waals surface area contributed by atoms with Crippen LogP contribution in [0.1, 0.15) is 76.3 Å². The first kappa shape index (κ1) is 27.6. The van der Waals surface area contributed by atoms with Crippen molar-refractivity contribution in [3.63, 3.8) is 0 Å². The topological polar surface area (TPSA) is 129 Å². The molecule has 6 atom stereocenters. The van der Waals surface area contributed by atoms with Gasteiger partial charge in [0.05, 0.1) is 22.8 Å². The highest BCUT2D eigenvalue weighted by molar-refractivity contribution is 7.54. The maximum atomic E-state index is 15.1. The van der Waals surface area contributed by atoms with Crippen LogP contribution in [0.3, 0.4) is 0 Å². The van der Waals surface area contributed by atoms with Crippen molar-refractivity contribution < 1.29 is 37.7 Å². The summed E-state index contributed by atoms with van der Waals surface area (Å²) in [5.74, 6) is 1.08. The Bertz CT molecular complexity index is 1020. The highest BCUT2D eigenvalue weighted by Crippen LogP contribution is 2.59. The number of ether oxygens (including phenoxy) is 1. The Morgan fingerprint density at radius 3 is 2.36 bits per heavy atom. The average Bonchev–Trinajstić information content (AvgIpc) is 3.04. The Labute approximate surface area is 191 Å². The molecule has 0 bridgehead atoms. The van der Waals surface area contributed by atoms with E-state index in [4.69, 9.17) is 15.7 Å². The number of nitrogens with one attached hydrogen (secondary N) is 1. The van der Waals surface area contributed by atoms with Crippen LogP contribution in [0, 0.1) is 25.1 Å². The van der Waals surface area contributed by atoms with Gasteiger partial charge in [-0.2, -0.15) is 0 Å². The van der Waals surface area contributed by atoms with Crippen LogP contribution >= 0.6 is 7.60 Å². The van der Waals surface area contributed by atoms with Crippen molar-refractivity contribution in [2.45, 2.75) is 95.7 Å². The lowest BCUT2D eigenvalue weighted by Gasteiger charge is -2.39. The van der Waals surface area contributed by atoms with Gasteiger partial charge in [-0.05, 0) is 33.1 Å². The molecule has 2 heterocycles. The predicted octanol–water partition coefficient (Wildman–Crippen LogP) is 3.21. The number of rotatable bonds is 9. The molecule has 1 saturated heterocycles. The van der Waals surface area contributed by atoms with E-state index >= 15 is 4.39 Å². The minimum absolute atomic E-state index is 0.0544. The number of aliphatic hydroxyl groups excluding tert-OH is 1. The van der Waals surface area contributed by atoms with E-state index in [1.165, 1.54) is 20.8 Å². The molecule has 1 fully saturated rings. The number of terminal acetylenes is 1. The molecule has 0 aliphatic carbocycles. The highest BCUT2D eigenvalue weighted by Gasteiger charge is 2.52. The summed E-state index contributed by atoms with van der Waals surface area (Å²) in [6.45, 7) is 7.27. The molecule has 0 saturated carbocycles. The Hall–Kier alpha value is -1.60. The first-order valence-corrected chi connectivity index (χ1v) is 12.4. The van der Waals surface area contributed by atoms with Crippen LogP contribution in [0.25, 0.3) is 0 Å². The lowest BCUT2D eigenvalue weighted by molar-refractivity contribution is -0.0622. The van der Waals surface area contributed by atoms with E-state index in [2.05, 4.69) is 10.9 Å². The summed E-state index contributed by atoms with van der Waals surface area (Å²) in [6, 6.07) is 0. The summed E-state index contributed by atoms with van der Waals surface area (Å²) < 4.78 is 54.1. The molecule has 2 rings (SSSR count). The lowest BCUT2D eigenvalue weighted by atomic mass is 9.88. The van der Waals surface area contributed by atoms with Crippen LogP contribution in [0.4, 0.5) is 8.78 Å². The van der Waals surface area contributed by atoms with E-state index in [9.17, 15) is 28.9 Å². The van der Waals surface area contributed by atoms with E-state index in [-0.39, 0.29) is 42.5 Å². The standard InChI is InChI=1S/C22H32F2NO7P/c1-7-13-15(16(23)12(5)20(27)25-13)19-17(24)18(26)14(31-19)11-22(9-3,10-4)32-33(29,30)21(6,28)8-2/h1,14,17-19,26,28H,8-11H2,2-6H3,(H,25,27)(H,29,30). The van der Waals surface area contributed by atoms with Gasteiger partial charge in [0.2, 0.25) is 0 Å². The van der Waals surface area contributed by atoms with Crippen LogP contribution in [0.2, 0.25) is 0 Å². The zero-order valence-electron chi connectivity index (χ0n) is 19.4. The number of pyridine rings is 1. The van der Waals surface area contributed by atoms with Gasteiger partial charge in [-0.1, -0.05) is 26.7 Å². The molecule has 0 amide bonds. The maximum Gasteiger partial charge on any atom is 0.359 e. The van der Waals surface area contributed by atoms with Gasteiger partial charge in [0.15, 0.2) is 11.5 Å². The summed E-state index contributed by atoms with van der Waals surface area (Å²) in [5.41, 5.74) is -3.10. The summed E-state index contributed by atoms with van der Waals surface area (Å²) in [7, 11) is -4.55. The van der Waals surface area contributed by atoms with Gasteiger partial charge >= 0.3 is 7.60 Å². The van der Waals surface area contributed by atoms with E-state index in [1.54, 1.807) is 13.8 Å². The summed E-state index contributed by atoms with van der Waals surface area (Å²) in [4.78, 5) is 24.6. The fourth-order valence-corrected chi connectivity index (χ4v) is 5.28. The summed E-state index contributed by atoms with van der Waals surface area (Å²) >= 11 is 0. The number of alkyl halides is 1. The fourth-order valence-electron chi connectivity index (χ4n) is 3.82. The molecule has 1 aromatic heterocycles.